The Labute approximate surface area is 151 Å². The topological polar surface area (TPSA) is 81.8 Å². The number of sulfonamides is 1. The highest BCUT2D eigenvalue weighted by Crippen LogP contribution is 2.22. The van der Waals surface area contributed by atoms with E-state index >= 15 is 0 Å². The van der Waals surface area contributed by atoms with Crippen molar-refractivity contribution in [2.75, 3.05) is 0 Å². The largest absolute Gasteiger partial charge is 0.275 e. The number of aryl methyl sites for hydroxylation is 3. The van der Waals surface area contributed by atoms with Crippen LogP contribution in [0.25, 0.3) is 5.69 Å². The molecule has 0 aliphatic carbocycles. The Balaban J connectivity index is 1.87. The Hall–Kier alpha value is -2.52. The molecule has 0 radical (unpaired) electrons. The number of hydrogen-bond donors (Lipinski definition) is 1. The number of rotatable bonds is 5. The van der Waals surface area contributed by atoms with Gasteiger partial charge in [0.1, 0.15) is 11.5 Å². The molecule has 7 nitrogen and oxygen atoms in total. The van der Waals surface area contributed by atoms with Gasteiger partial charge in [-0.2, -0.15) is 10.2 Å². The molecule has 0 saturated heterocycles. The lowest BCUT2D eigenvalue weighted by atomic mass is 10.1. The van der Waals surface area contributed by atoms with Crippen LogP contribution >= 0.6 is 0 Å². The number of nitrogens with one attached hydrogen (secondary N) is 1. The third-order valence-electron chi connectivity index (χ3n) is 4.04. The van der Waals surface area contributed by atoms with E-state index in [1.54, 1.807) is 44.2 Å². The first-order valence-corrected chi connectivity index (χ1v) is 9.49. The second kappa shape index (κ2) is 6.65. The molecule has 0 bridgehead atoms. The van der Waals surface area contributed by atoms with Gasteiger partial charge < -0.3 is 0 Å². The molecular formula is C17H20FN5O2S. The summed E-state index contributed by atoms with van der Waals surface area (Å²) in [6.07, 6.45) is 5.02. The fourth-order valence-corrected chi connectivity index (χ4v) is 4.03. The van der Waals surface area contributed by atoms with E-state index in [-0.39, 0.29) is 10.6 Å². The Bertz CT molecular complexity index is 1060. The van der Waals surface area contributed by atoms with Crippen LogP contribution < -0.4 is 4.72 Å². The maximum absolute atomic E-state index is 14.4. The third kappa shape index (κ3) is 3.54. The van der Waals surface area contributed by atoms with Crippen LogP contribution in [-0.4, -0.2) is 28.0 Å². The number of hydrogen-bond acceptors (Lipinski definition) is 4. The maximum Gasteiger partial charge on any atom is 0.241 e. The number of aromatic nitrogens is 4. The summed E-state index contributed by atoms with van der Waals surface area (Å²) < 4.78 is 45.2. The van der Waals surface area contributed by atoms with Gasteiger partial charge in [-0.3, -0.25) is 4.68 Å². The summed E-state index contributed by atoms with van der Waals surface area (Å²) in [6.45, 7) is 5.37. The van der Waals surface area contributed by atoms with Crippen molar-refractivity contribution < 1.29 is 12.8 Å². The summed E-state index contributed by atoms with van der Waals surface area (Å²) in [4.78, 5) is -0.143. The molecule has 0 unspecified atom stereocenters. The molecule has 26 heavy (non-hydrogen) atoms. The van der Waals surface area contributed by atoms with E-state index in [2.05, 4.69) is 14.9 Å². The number of benzene rings is 1. The van der Waals surface area contributed by atoms with E-state index in [1.165, 1.54) is 16.8 Å². The molecular weight excluding hydrogens is 357 g/mol. The molecule has 2 aromatic heterocycles. The molecule has 1 atom stereocenters. The van der Waals surface area contributed by atoms with Crippen LogP contribution in [0.2, 0.25) is 0 Å². The van der Waals surface area contributed by atoms with Crippen molar-refractivity contribution in [3.63, 3.8) is 0 Å². The van der Waals surface area contributed by atoms with Gasteiger partial charge in [-0.15, -0.1) is 0 Å². The molecule has 1 N–H and O–H groups in total. The standard InChI is InChI=1S/C17H20FN5O2S/c1-11-8-19-23(9-11)17-6-5-14(7-16(17)18)26(24,25)21-13(3)15-10-22(4)20-12(15)2/h5-10,13,21H,1-4H3/t13-/m0/s1. The Morgan fingerprint density at radius 2 is 1.96 bits per heavy atom. The van der Waals surface area contributed by atoms with E-state index in [0.717, 1.165) is 22.9 Å². The molecule has 3 aromatic rings. The van der Waals surface area contributed by atoms with Crippen molar-refractivity contribution in [2.45, 2.75) is 31.7 Å². The minimum atomic E-state index is -3.89. The SMILES string of the molecule is Cc1cnn(-c2ccc(S(=O)(=O)N[C@@H](C)c3cn(C)nc3C)cc2F)c1. The normalized spacial score (nSPS) is 13.1. The van der Waals surface area contributed by atoms with Crippen molar-refractivity contribution in [1.82, 2.24) is 24.3 Å². The lowest BCUT2D eigenvalue weighted by Crippen LogP contribution is -2.27. The molecule has 0 spiro atoms. The summed E-state index contributed by atoms with van der Waals surface area (Å²) in [5.41, 5.74) is 2.56. The van der Waals surface area contributed by atoms with Crippen molar-refractivity contribution in [3.05, 3.63) is 59.4 Å². The summed E-state index contributed by atoms with van der Waals surface area (Å²) in [6, 6.07) is 3.26. The smallest absolute Gasteiger partial charge is 0.241 e. The predicted molar refractivity (Wildman–Crippen MR) is 94.9 cm³/mol. The second-order valence-electron chi connectivity index (χ2n) is 6.26. The van der Waals surface area contributed by atoms with E-state index < -0.39 is 21.9 Å². The summed E-state index contributed by atoms with van der Waals surface area (Å²) in [5, 5.41) is 8.25. The van der Waals surface area contributed by atoms with Crippen molar-refractivity contribution in [1.29, 1.82) is 0 Å². The molecule has 9 heteroatoms. The van der Waals surface area contributed by atoms with Crippen LogP contribution in [0.3, 0.4) is 0 Å². The zero-order valence-electron chi connectivity index (χ0n) is 14.9. The Morgan fingerprint density at radius 1 is 1.23 bits per heavy atom. The molecule has 2 heterocycles. The van der Waals surface area contributed by atoms with Crippen molar-refractivity contribution >= 4 is 10.0 Å². The zero-order valence-corrected chi connectivity index (χ0v) is 15.7. The number of nitrogens with zero attached hydrogens (tertiary/aromatic N) is 4. The minimum Gasteiger partial charge on any atom is -0.275 e. The van der Waals surface area contributed by atoms with Crippen molar-refractivity contribution in [3.8, 4) is 5.69 Å². The Kier molecular flexibility index (Phi) is 4.68. The van der Waals surface area contributed by atoms with Crippen LogP contribution in [-0.2, 0) is 17.1 Å². The fourth-order valence-electron chi connectivity index (χ4n) is 2.79. The van der Waals surface area contributed by atoms with E-state index in [1.807, 2.05) is 6.92 Å². The van der Waals surface area contributed by atoms with E-state index in [0.29, 0.717) is 0 Å². The van der Waals surface area contributed by atoms with Gasteiger partial charge in [-0.25, -0.2) is 22.2 Å². The van der Waals surface area contributed by atoms with Crippen LogP contribution in [0.15, 0.2) is 41.7 Å². The quantitative estimate of drug-likeness (QED) is 0.740. The molecule has 0 saturated carbocycles. The van der Waals surface area contributed by atoms with Gasteiger partial charge in [0.25, 0.3) is 0 Å². The van der Waals surface area contributed by atoms with Gasteiger partial charge in [-0.05, 0) is 44.5 Å². The highest BCUT2D eigenvalue weighted by atomic mass is 32.2. The summed E-state index contributed by atoms with van der Waals surface area (Å²) in [5.74, 6) is -0.666. The molecule has 0 aliphatic heterocycles. The van der Waals surface area contributed by atoms with Gasteiger partial charge in [0, 0.05) is 31.0 Å². The molecule has 0 fully saturated rings. The van der Waals surface area contributed by atoms with E-state index in [9.17, 15) is 12.8 Å². The van der Waals surface area contributed by atoms with Crippen LogP contribution in [0, 0.1) is 19.7 Å². The highest BCUT2D eigenvalue weighted by molar-refractivity contribution is 7.89. The third-order valence-corrected chi connectivity index (χ3v) is 5.58. The average molecular weight is 377 g/mol. The number of halogens is 1. The Morgan fingerprint density at radius 3 is 2.50 bits per heavy atom. The first kappa shape index (κ1) is 18.3. The monoisotopic (exact) mass is 377 g/mol. The van der Waals surface area contributed by atoms with Crippen LogP contribution in [0.1, 0.15) is 29.8 Å². The lowest BCUT2D eigenvalue weighted by molar-refractivity contribution is 0.562. The first-order chi connectivity index (χ1) is 12.2. The maximum atomic E-state index is 14.4. The molecule has 1 aromatic carbocycles. The lowest BCUT2D eigenvalue weighted by Gasteiger charge is -2.14. The van der Waals surface area contributed by atoms with Gasteiger partial charge in [-0.1, -0.05) is 0 Å². The van der Waals surface area contributed by atoms with Gasteiger partial charge in [0.2, 0.25) is 10.0 Å². The van der Waals surface area contributed by atoms with Crippen LogP contribution in [0.5, 0.6) is 0 Å². The van der Waals surface area contributed by atoms with Gasteiger partial charge in [0.15, 0.2) is 0 Å². The average Bonchev–Trinajstić information content (AvgIpc) is 3.12. The summed E-state index contributed by atoms with van der Waals surface area (Å²) in [7, 11) is -2.12. The molecule has 0 aliphatic rings. The van der Waals surface area contributed by atoms with E-state index in [4.69, 9.17) is 0 Å². The molecule has 3 rings (SSSR count). The molecule has 0 amide bonds. The summed E-state index contributed by atoms with van der Waals surface area (Å²) >= 11 is 0. The predicted octanol–water partition coefficient (Wildman–Crippen LogP) is 2.40. The van der Waals surface area contributed by atoms with Crippen molar-refractivity contribution in [2.24, 2.45) is 7.05 Å². The zero-order chi connectivity index (χ0) is 19.1. The highest BCUT2D eigenvalue weighted by Gasteiger charge is 2.22. The van der Waals surface area contributed by atoms with Crippen LogP contribution in [0.4, 0.5) is 4.39 Å². The fraction of sp³-hybridized carbons (Fsp3) is 0.294. The second-order valence-corrected chi connectivity index (χ2v) is 7.98. The minimum absolute atomic E-state index is 0.143. The van der Waals surface area contributed by atoms with Gasteiger partial charge in [0.05, 0.1) is 16.8 Å². The van der Waals surface area contributed by atoms with Gasteiger partial charge >= 0.3 is 0 Å². The first-order valence-electron chi connectivity index (χ1n) is 8.01. The molecule has 138 valence electrons.